The summed E-state index contributed by atoms with van der Waals surface area (Å²) in [5, 5.41) is 16.5. The zero-order chi connectivity index (χ0) is 30.6. The maximum absolute atomic E-state index is 5.67. The van der Waals surface area contributed by atoms with Gasteiger partial charge in [-0.1, -0.05) is 115 Å². The zero-order valence-electron chi connectivity index (χ0n) is 25.1. The van der Waals surface area contributed by atoms with Gasteiger partial charge in [-0.25, -0.2) is 4.99 Å². The summed E-state index contributed by atoms with van der Waals surface area (Å²) in [5.41, 5.74) is 4.81. The second kappa shape index (κ2) is 9.52. The van der Waals surface area contributed by atoms with E-state index in [1.54, 1.807) is 0 Å². The molecular formula is C42H25N3S2. The van der Waals surface area contributed by atoms with Gasteiger partial charge in [-0.15, -0.1) is 22.7 Å². The SMILES string of the molecule is c1ccc2cc(C3N=C(n4c5ccccc5c5c6sc7ccccc7c6c6ccccc6c54)Nc4sc5ccccc5c43)ccc2c1. The van der Waals surface area contributed by atoms with Crippen molar-refractivity contribution in [2.24, 2.45) is 4.99 Å². The first-order valence-electron chi connectivity index (χ1n) is 15.9. The molecule has 0 radical (unpaired) electrons. The first-order chi connectivity index (χ1) is 23.3. The van der Waals surface area contributed by atoms with Gasteiger partial charge in [0.25, 0.3) is 0 Å². The van der Waals surface area contributed by atoms with Crippen molar-refractivity contribution in [3.63, 3.8) is 0 Å². The summed E-state index contributed by atoms with van der Waals surface area (Å²) >= 11 is 3.72. The van der Waals surface area contributed by atoms with Crippen LogP contribution in [0.4, 0.5) is 5.00 Å². The van der Waals surface area contributed by atoms with Crippen molar-refractivity contribution in [3.8, 4) is 0 Å². The molecule has 3 nitrogen and oxygen atoms in total. The third kappa shape index (κ3) is 3.53. The molecule has 3 aromatic heterocycles. The number of fused-ring (bicyclic) bond motifs is 14. The molecule has 1 atom stereocenters. The highest BCUT2D eigenvalue weighted by Crippen LogP contribution is 2.49. The summed E-state index contributed by atoms with van der Waals surface area (Å²) in [6.45, 7) is 0. The van der Waals surface area contributed by atoms with E-state index in [1.165, 1.54) is 79.2 Å². The summed E-state index contributed by atoms with van der Waals surface area (Å²) < 4.78 is 6.32. The minimum absolute atomic E-state index is 0.155. The molecule has 0 spiro atoms. The van der Waals surface area contributed by atoms with E-state index in [0.29, 0.717) is 0 Å². The first kappa shape index (κ1) is 25.7. The average Bonchev–Trinajstić information content (AvgIpc) is 3.81. The van der Waals surface area contributed by atoms with Gasteiger partial charge in [-0.05, 0) is 46.0 Å². The zero-order valence-corrected chi connectivity index (χ0v) is 26.7. The highest BCUT2D eigenvalue weighted by atomic mass is 32.1. The number of rotatable bonds is 1. The molecular weight excluding hydrogens is 611 g/mol. The second-order valence-corrected chi connectivity index (χ2v) is 14.5. The maximum Gasteiger partial charge on any atom is 0.209 e. The van der Waals surface area contributed by atoms with Gasteiger partial charge in [-0.3, -0.25) is 4.57 Å². The number of hydrogen-bond donors (Lipinski definition) is 1. The number of para-hydroxylation sites is 1. The number of hydrogen-bond acceptors (Lipinski definition) is 4. The summed E-state index contributed by atoms with van der Waals surface area (Å²) in [6.07, 6.45) is 0. The summed E-state index contributed by atoms with van der Waals surface area (Å²) in [6, 6.07) is 50.6. The third-order valence-electron chi connectivity index (χ3n) is 9.83. The Kier molecular flexibility index (Phi) is 5.20. The van der Waals surface area contributed by atoms with E-state index in [0.717, 1.165) is 16.5 Å². The van der Waals surface area contributed by atoms with Crippen molar-refractivity contribution < 1.29 is 0 Å². The van der Waals surface area contributed by atoms with Gasteiger partial charge in [0, 0.05) is 52.0 Å². The van der Waals surface area contributed by atoms with Crippen molar-refractivity contribution in [2.45, 2.75) is 6.04 Å². The minimum atomic E-state index is -0.155. The molecule has 0 saturated heterocycles. The molecule has 7 aromatic carbocycles. The van der Waals surface area contributed by atoms with Gasteiger partial charge in [0.15, 0.2) is 0 Å². The third-order valence-corrected chi connectivity index (χ3v) is 12.1. The quantitative estimate of drug-likeness (QED) is 0.191. The fourth-order valence-electron chi connectivity index (χ4n) is 7.82. The fraction of sp³-hybridized carbons (Fsp3) is 0.0238. The molecule has 11 rings (SSSR count). The lowest BCUT2D eigenvalue weighted by Gasteiger charge is -2.25. The molecule has 1 aliphatic heterocycles. The Labute approximate surface area is 277 Å². The molecule has 4 heterocycles. The Hall–Kier alpha value is -5.49. The van der Waals surface area contributed by atoms with Crippen molar-refractivity contribution in [1.82, 2.24) is 4.57 Å². The largest absolute Gasteiger partial charge is 0.317 e. The van der Waals surface area contributed by atoms with Gasteiger partial charge in [0.05, 0.1) is 11.0 Å². The number of aromatic nitrogens is 1. The number of aliphatic imine (C=N–C) groups is 1. The predicted molar refractivity (Wildman–Crippen MR) is 204 cm³/mol. The second-order valence-electron chi connectivity index (χ2n) is 12.4. The summed E-state index contributed by atoms with van der Waals surface area (Å²) in [7, 11) is 0. The van der Waals surface area contributed by atoms with Crippen LogP contribution >= 0.6 is 22.7 Å². The van der Waals surface area contributed by atoms with Gasteiger partial charge >= 0.3 is 0 Å². The molecule has 10 aromatic rings. The van der Waals surface area contributed by atoms with Crippen LogP contribution < -0.4 is 5.32 Å². The Balaban J connectivity index is 1.28. The van der Waals surface area contributed by atoms with Gasteiger partial charge in [0.2, 0.25) is 5.96 Å². The van der Waals surface area contributed by atoms with Gasteiger partial charge in [-0.2, -0.15) is 0 Å². The highest BCUT2D eigenvalue weighted by Gasteiger charge is 2.31. The molecule has 0 fully saturated rings. The van der Waals surface area contributed by atoms with E-state index >= 15 is 0 Å². The van der Waals surface area contributed by atoms with Gasteiger partial charge in [0.1, 0.15) is 11.0 Å². The van der Waals surface area contributed by atoms with Gasteiger partial charge < -0.3 is 5.32 Å². The van der Waals surface area contributed by atoms with Crippen molar-refractivity contribution in [1.29, 1.82) is 0 Å². The van der Waals surface area contributed by atoms with Crippen LogP contribution in [0.2, 0.25) is 0 Å². The molecule has 47 heavy (non-hydrogen) atoms. The average molecular weight is 636 g/mol. The maximum atomic E-state index is 5.67. The lowest BCUT2D eigenvalue weighted by molar-refractivity contribution is 0.866. The Bertz CT molecular complexity index is 2960. The van der Waals surface area contributed by atoms with Crippen LogP contribution in [-0.4, -0.2) is 10.5 Å². The normalized spacial score (nSPS) is 14.9. The molecule has 5 heteroatoms. The number of anilines is 1. The highest BCUT2D eigenvalue weighted by molar-refractivity contribution is 7.27. The summed E-state index contributed by atoms with van der Waals surface area (Å²) in [4.78, 5) is 5.67. The molecule has 1 N–H and O–H groups in total. The van der Waals surface area contributed by atoms with Crippen molar-refractivity contribution >= 4 is 107 Å². The standard InChI is InChI=1S/C42H25N3S2/c1-2-12-25-23-26(22-21-24(25)11-1)38-36-31-17-7-10-20-34(31)47-41(36)44-42(43-38)45-32-18-8-5-15-29(32)37-39(45)28-14-4-3-13-27(28)35-30-16-6-9-19-33(30)46-40(35)37/h1-23,38H,(H,43,44). The number of benzene rings is 7. The molecule has 0 saturated carbocycles. The van der Waals surface area contributed by atoms with Crippen molar-refractivity contribution in [2.75, 3.05) is 5.32 Å². The van der Waals surface area contributed by atoms with Crippen LogP contribution in [-0.2, 0) is 0 Å². The smallest absolute Gasteiger partial charge is 0.209 e. The van der Waals surface area contributed by atoms with E-state index < -0.39 is 0 Å². The van der Waals surface area contributed by atoms with Crippen LogP contribution in [0.25, 0.3) is 73.6 Å². The molecule has 1 aliphatic rings. The van der Waals surface area contributed by atoms with E-state index in [2.05, 4.69) is 149 Å². The first-order valence-corrected chi connectivity index (χ1v) is 17.6. The molecule has 220 valence electrons. The fourth-order valence-corrected chi connectivity index (χ4v) is 10.2. The van der Waals surface area contributed by atoms with E-state index in [-0.39, 0.29) is 6.04 Å². The number of thiophene rings is 2. The lowest BCUT2D eigenvalue weighted by atomic mass is 9.95. The monoisotopic (exact) mass is 635 g/mol. The van der Waals surface area contributed by atoms with E-state index in [9.17, 15) is 0 Å². The van der Waals surface area contributed by atoms with Crippen LogP contribution in [0, 0.1) is 0 Å². The number of nitrogens with zero attached hydrogens (tertiary/aromatic N) is 2. The van der Waals surface area contributed by atoms with Crippen LogP contribution in [0.3, 0.4) is 0 Å². The minimum Gasteiger partial charge on any atom is -0.317 e. The topological polar surface area (TPSA) is 29.3 Å². The molecule has 0 aliphatic carbocycles. The molecule has 0 bridgehead atoms. The predicted octanol–water partition coefficient (Wildman–Crippen LogP) is 12.1. The van der Waals surface area contributed by atoms with Crippen LogP contribution in [0.15, 0.2) is 145 Å². The summed E-state index contributed by atoms with van der Waals surface area (Å²) in [5.74, 6) is 0.860. The Morgan fingerprint density at radius 2 is 1.21 bits per heavy atom. The van der Waals surface area contributed by atoms with Crippen LogP contribution in [0.1, 0.15) is 17.2 Å². The number of nitrogens with one attached hydrogen (secondary N) is 1. The van der Waals surface area contributed by atoms with Crippen molar-refractivity contribution in [3.05, 3.63) is 151 Å². The van der Waals surface area contributed by atoms with Crippen LogP contribution in [0.5, 0.6) is 0 Å². The van der Waals surface area contributed by atoms with E-state index in [1.807, 2.05) is 22.7 Å². The molecule has 1 unspecified atom stereocenters. The lowest BCUT2D eigenvalue weighted by Crippen LogP contribution is -2.26. The Morgan fingerprint density at radius 1 is 0.553 bits per heavy atom. The Morgan fingerprint density at radius 3 is 2.06 bits per heavy atom. The van der Waals surface area contributed by atoms with E-state index in [4.69, 9.17) is 4.99 Å². The molecule has 0 amide bonds.